The molecule has 0 aliphatic rings. The lowest BCUT2D eigenvalue weighted by Gasteiger charge is -2.17. The van der Waals surface area contributed by atoms with E-state index in [1.165, 1.54) is 16.8 Å². The Balaban J connectivity index is 2.28. The number of ketones is 1. The highest BCUT2D eigenvalue weighted by atomic mass is 35.5. The molecule has 0 unspecified atom stereocenters. The average molecular weight is 433 g/mol. The summed E-state index contributed by atoms with van der Waals surface area (Å²) < 4.78 is 1.20. The first-order chi connectivity index (χ1) is 13.7. The number of aromatic amines is 1. The average Bonchev–Trinajstić information content (AvgIpc) is 2.62. The molecular weight excluding hydrogens is 415 g/mol. The minimum atomic E-state index is -0.712. The highest BCUT2D eigenvalue weighted by molar-refractivity contribution is 6.31. The number of H-pyrrole nitrogens is 1. The lowest BCUT2D eigenvalue weighted by Crippen LogP contribution is -2.38. The number of hydrogen-bond donors (Lipinski definition) is 1. The maximum Gasteiger partial charge on any atom is 0.329 e. The molecule has 0 bridgehead atoms. The summed E-state index contributed by atoms with van der Waals surface area (Å²) in [4.78, 5) is 48.8. The maximum absolute atomic E-state index is 13.4. The summed E-state index contributed by atoms with van der Waals surface area (Å²) in [5.74, 6) is -0.776. The summed E-state index contributed by atoms with van der Waals surface area (Å²) in [6, 6.07) is 6.47. The Bertz CT molecular complexity index is 1190. The standard InChI is InChI=1S/C20H18Cl2N4O3/c1-10(2)15-16(17(27)12-6-11(3)7-13(21)8-12)26(20(29)25-18(15)28)9-14-4-5-23-19(22)24-14/h4-8,10H,9H2,1-3H3,(H,25,28,29). The molecule has 0 radical (unpaired) electrons. The van der Waals surface area contributed by atoms with Crippen LogP contribution in [0.25, 0.3) is 0 Å². The van der Waals surface area contributed by atoms with E-state index < -0.39 is 17.0 Å². The summed E-state index contributed by atoms with van der Waals surface area (Å²) in [5.41, 5.74) is 0.410. The van der Waals surface area contributed by atoms with Crippen LogP contribution in [0.1, 0.15) is 52.6 Å². The number of hydrogen-bond acceptors (Lipinski definition) is 5. The maximum atomic E-state index is 13.4. The van der Waals surface area contributed by atoms with Gasteiger partial charge in [-0.3, -0.25) is 19.1 Å². The van der Waals surface area contributed by atoms with Crippen molar-refractivity contribution in [2.45, 2.75) is 33.2 Å². The van der Waals surface area contributed by atoms with Gasteiger partial charge in [0.25, 0.3) is 5.56 Å². The van der Waals surface area contributed by atoms with Crippen LogP contribution in [0.15, 0.2) is 40.1 Å². The number of halogens is 2. The quantitative estimate of drug-likeness (QED) is 0.492. The molecule has 0 aliphatic carbocycles. The summed E-state index contributed by atoms with van der Waals surface area (Å²) in [7, 11) is 0. The number of carbonyl (C=O) groups excluding carboxylic acids is 1. The van der Waals surface area contributed by atoms with E-state index in [1.54, 1.807) is 39.0 Å². The van der Waals surface area contributed by atoms with Crippen molar-refractivity contribution in [3.8, 4) is 0 Å². The van der Waals surface area contributed by atoms with Crippen LogP contribution < -0.4 is 11.2 Å². The fourth-order valence-electron chi connectivity index (χ4n) is 3.14. The van der Waals surface area contributed by atoms with Gasteiger partial charge in [0.05, 0.1) is 12.2 Å². The monoisotopic (exact) mass is 432 g/mol. The van der Waals surface area contributed by atoms with Gasteiger partial charge in [-0.1, -0.05) is 25.4 Å². The third kappa shape index (κ3) is 4.46. The number of rotatable bonds is 5. The number of aryl methyl sites for hydroxylation is 1. The van der Waals surface area contributed by atoms with Crippen molar-refractivity contribution in [3.63, 3.8) is 0 Å². The first kappa shape index (κ1) is 21.0. The summed E-state index contributed by atoms with van der Waals surface area (Å²) >= 11 is 12.0. The predicted molar refractivity (Wildman–Crippen MR) is 111 cm³/mol. The molecule has 9 heteroatoms. The number of benzene rings is 1. The second-order valence-electron chi connectivity index (χ2n) is 6.93. The molecule has 3 rings (SSSR count). The molecule has 0 spiro atoms. The first-order valence-electron chi connectivity index (χ1n) is 8.83. The molecule has 1 aromatic carbocycles. The minimum absolute atomic E-state index is 0.00477. The SMILES string of the molecule is Cc1cc(Cl)cc(C(=O)c2c(C(C)C)c(=O)[nH]c(=O)n2Cc2ccnc(Cl)n2)c1. The van der Waals surface area contributed by atoms with Gasteiger partial charge < -0.3 is 0 Å². The number of carbonyl (C=O) groups is 1. The van der Waals surface area contributed by atoms with E-state index in [-0.39, 0.29) is 34.6 Å². The van der Waals surface area contributed by atoms with E-state index in [4.69, 9.17) is 23.2 Å². The largest absolute Gasteiger partial charge is 0.329 e. The van der Waals surface area contributed by atoms with E-state index in [9.17, 15) is 14.4 Å². The zero-order valence-electron chi connectivity index (χ0n) is 16.0. The summed E-state index contributed by atoms with van der Waals surface area (Å²) in [5, 5.41) is 0.406. The highest BCUT2D eigenvalue weighted by Gasteiger charge is 2.25. The molecule has 0 amide bonds. The second-order valence-corrected chi connectivity index (χ2v) is 7.70. The van der Waals surface area contributed by atoms with Crippen molar-refractivity contribution in [2.75, 3.05) is 0 Å². The zero-order chi connectivity index (χ0) is 21.3. The Morgan fingerprint density at radius 3 is 2.55 bits per heavy atom. The number of aromatic nitrogens is 4. The Morgan fingerprint density at radius 2 is 1.93 bits per heavy atom. The van der Waals surface area contributed by atoms with Crippen LogP contribution in [0.3, 0.4) is 0 Å². The fourth-order valence-corrected chi connectivity index (χ4v) is 3.60. The van der Waals surface area contributed by atoms with E-state index in [0.29, 0.717) is 10.7 Å². The molecule has 150 valence electrons. The van der Waals surface area contributed by atoms with Crippen LogP contribution in [0.2, 0.25) is 10.3 Å². The Morgan fingerprint density at radius 1 is 1.21 bits per heavy atom. The lowest BCUT2D eigenvalue weighted by molar-refractivity contribution is 0.102. The van der Waals surface area contributed by atoms with Crippen molar-refractivity contribution in [2.24, 2.45) is 0 Å². The topological polar surface area (TPSA) is 97.7 Å². The van der Waals surface area contributed by atoms with Crippen LogP contribution in [-0.4, -0.2) is 25.3 Å². The van der Waals surface area contributed by atoms with Crippen LogP contribution in [-0.2, 0) is 6.54 Å². The molecular formula is C20H18Cl2N4O3. The fraction of sp³-hybridized carbons (Fsp3) is 0.250. The van der Waals surface area contributed by atoms with Crippen molar-refractivity contribution < 1.29 is 4.79 Å². The normalized spacial score (nSPS) is 11.1. The van der Waals surface area contributed by atoms with Gasteiger partial charge in [-0.05, 0) is 54.3 Å². The van der Waals surface area contributed by atoms with Crippen LogP contribution in [0.5, 0.6) is 0 Å². The molecule has 3 aromatic rings. The Labute approximate surface area is 176 Å². The van der Waals surface area contributed by atoms with Gasteiger partial charge in [-0.2, -0.15) is 0 Å². The minimum Gasteiger partial charge on any atom is -0.287 e. The molecule has 7 nitrogen and oxygen atoms in total. The van der Waals surface area contributed by atoms with Crippen molar-refractivity contribution >= 4 is 29.0 Å². The van der Waals surface area contributed by atoms with E-state index in [2.05, 4.69) is 15.0 Å². The Hall–Kier alpha value is -2.77. The van der Waals surface area contributed by atoms with Gasteiger partial charge in [-0.25, -0.2) is 14.8 Å². The molecule has 0 saturated heterocycles. The smallest absolute Gasteiger partial charge is 0.287 e. The van der Waals surface area contributed by atoms with Gasteiger partial charge in [0.2, 0.25) is 11.1 Å². The van der Waals surface area contributed by atoms with Gasteiger partial charge in [0.15, 0.2) is 0 Å². The van der Waals surface area contributed by atoms with Crippen molar-refractivity contribution in [1.82, 2.24) is 19.5 Å². The molecule has 0 aliphatic heterocycles. The third-order valence-corrected chi connectivity index (χ3v) is 4.74. The van der Waals surface area contributed by atoms with Gasteiger partial charge in [-0.15, -0.1) is 0 Å². The molecule has 2 heterocycles. The van der Waals surface area contributed by atoms with Gasteiger partial charge in [0, 0.05) is 22.3 Å². The van der Waals surface area contributed by atoms with E-state index in [0.717, 1.165) is 5.56 Å². The molecule has 1 N–H and O–H groups in total. The zero-order valence-corrected chi connectivity index (χ0v) is 17.5. The summed E-state index contributed by atoms with van der Waals surface area (Å²) in [6.07, 6.45) is 1.45. The summed E-state index contributed by atoms with van der Waals surface area (Å²) in [6.45, 7) is 5.31. The molecule has 0 saturated carbocycles. The molecule has 29 heavy (non-hydrogen) atoms. The van der Waals surface area contributed by atoms with Gasteiger partial charge >= 0.3 is 5.69 Å². The van der Waals surface area contributed by atoms with Crippen molar-refractivity contribution in [1.29, 1.82) is 0 Å². The van der Waals surface area contributed by atoms with Gasteiger partial charge in [0.1, 0.15) is 5.69 Å². The second kappa shape index (κ2) is 8.31. The molecule has 2 aromatic heterocycles. The third-order valence-electron chi connectivity index (χ3n) is 4.34. The number of nitrogens with zero attached hydrogens (tertiary/aromatic N) is 3. The van der Waals surface area contributed by atoms with E-state index in [1.807, 2.05) is 0 Å². The van der Waals surface area contributed by atoms with Crippen LogP contribution in [0.4, 0.5) is 0 Å². The van der Waals surface area contributed by atoms with Crippen LogP contribution >= 0.6 is 23.2 Å². The van der Waals surface area contributed by atoms with Crippen molar-refractivity contribution in [3.05, 3.63) is 89.7 Å². The van der Waals surface area contributed by atoms with Crippen LogP contribution in [0, 0.1) is 6.92 Å². The molecule has 0 atom stereocenters. The first-order valence-corrected chi connectivity index (χ1v) is 9.59. The highest BCUT2D eigenvalue weighted by Crippen LogP contribution is 2.22. The number of nitrogens with one attached hydrogen (secondary N) is 1. The Kier molecular flexibility index (Phi) is 6.00. The predicted octanol–water partition coefficient (Wildman–Crippen LogP) is 3.34. The molecule has 0 fully saturated rings. The lowest BCUT2D eigenvalue weighted by atomic mass is 9.96. The van der Waals surface area contributed by atoms with E-state index >= 15 is 0 Å².